The number of carbonyl (C=O) groups is 2. The molecule has 0 bridgehead atoms. The number of nitrogens with one attached hydrogen (secondary N) is 1. The van der Waals surface area contributed by atoms with Crippen molar-refractivity contribution >= 4 is 28.8 Å². The van der Waals surface area contributed by atoms with E-state index in [-0.39, 0.29) is 12.3 Å². The Kier molecular flexibility index (Phi) is 7.45. The fourth-order valence-corrected chi connectivity index (χ4v) is 5.03. The largest absolute Gasteiger partial charge is 0.497 e. The van der Waals surface area contributed by atoms with E-state index in [0.29, 0.717) is 34.5 Å². The molecule has 0 unspecified atom stereocenters. The van der Waals surface area contributed by atoms with Crippen LogP contribution in [0.3, 0.4) is 0 Å². The van der Waals surface area contributed by atoms with E-state index in [2.05, 4.69) is 10.3 Å². The van der Waals surface area contributed by atoms with E-state index in [1.165, 1.54) is 18.9 Å². The van der Waals surface area contributed by atoms with Gasteiger partial charge in [-0.25, -0.2) is 9.79 Å². The molecule has 0 radical (unpaired) electrons. The number of ether oxygens (including phenoxy) is 3. The van der Waals surface area contributed by atoms with E-state index in [1.54, 1.807) is 27.2 Å². The molecule has 1 amide bonds. The summed E-state index contributed by atoms with van der Waals surface area (Å²) >= 11 is 1.42. The average Bonchev–Trinajstić information content (AvgIpc) is 3.27. The molecule has 1 atom stereocenters. The Morgan fingerprint density at radius 1 is 1.06 bits per heavy atom. The molecule has 1 N–H and O–H groups in total. The first kappa shape index (κ1) is 24.4. The molecule has 2 aromatic rings. The Morgan fingerprint density at radius 3 is 2.37 bits per heavy atom. The van der Waals surface area contributed by atoms with Crippen LogP contribution in [0.1, 0.15) is 30.5 Å². The van der Waals surface area contributed by atoms with Crippen LogP contribution in [-0.2, 0) is 20.9 Å². The van der Waals surface area contributed by atoms with Crippen LogP contribution in [0.5, 0.6) is 11.5 Å². The maximum atomic E-state index is 12.9. The Balaban J connectivity index is 1.67. The summed E-state index contributed by atoms with van der Waals surface area (Å²) in [6, 6.07) is 14.6. The van der Waals surface area contributed by atoms with Gasteiger partial charge in [0.1, 0.15) is 11.5 Å². The lowest BCUT2D eigenvalue weighted by molar-refractivity contribution is -0.136. The molecule has 35 heavy (non-hydrogen) atoms. The highest BCUT2D eigenvalue weighted by atomic mass is 32.2. The average molecular weight is 494 g/mol. The van der Waals surface area contributed by atoms with Gasteiger partial charge in [-0.1, -0.05) is 42.1 Å². The van der Waals surface area contributed by atoms with Crippen molar-refractivity contribution in [2.75, 3.05) is 21.3 Å². The van der Waals surface area contributed by atoms with Crippen LogP contribution in [0, 0.1) is 0 Å². The molecule has 182 valence electrons. The summed E-state index contributed by atoms with van der Waals surface area (Å²) in [5.74, 6) is 0.559. The number of hydrogen-bond donors (Lipinski definition) is 1. The third kappa shape index (κ3) is 5.19. The number of hydrogen-bond acceptors (Lipinski definition) is 8. The zero-order valence-electron chi connectivity index (χ0n) is 20.0. The number of benzene rings is 2. The monoisotopic (exact) mass is 493 g/mol. The number of thioether (sulfide) groups is 1. The highest BCUT2D eigenvalue weighted by Crippen LogP contribution is 2.46. The first-order valence-corrected chi connectivity index (χ1v) is 11.9. The summed E-state index contributed by atoms with van der Waals surface area (Å²) < 4.78 is 16.1. The summed E-state index contributed by atoms with van der Waals surface area (Å²) in [6.07, 6.45) is 0.129. The minimum Gasteiger partial charge on any atom is -0.497 e. The topological polar surface area (TPSA) is 89.5 Å². The number of aliphatic imine (C=N–C) groups is 1. The zero-order valence-corrected chi connectivity index (χ0v) is 20.8. The van der Waals surface area contributed by atoms with Gasteiger partial charge in [0.2, 0.25) is 5.91 Å². The lowest BCUT2D eigenvalue weighted by atomic mass is 9.93. The first-order valence-electron chi connectivity index (χ1n) is 11.0. The van der Waals surface area contributed by atoms with E-state index in [4.69, 9.17) is 14.2 Å². The number of methoxy groups -OCH3 is 3. The Labute approximate surface area is 208 Å². The van der Waals surface area contributed by atoms with Crippen molar-refractivity contribution in [1.82, 2.24) is 10.2 Å². The van der Waals surface area contributed by atoms with Gasteiger partial charge in [-0.2, -0.15) is 0 Å². The van der Waals surface area contributed by atoms with Crippen molar-refractivity contribution in [2.24, 2.45) is 4.99 Å². The minimum absolute atomic E-state index is 0.129. The third-order valence-electron chi connectivity index (χ3n) is 5.77. The zero-order chi connectivity index (χ0) is 24.9. The van der Waals surface area contributed by atoms with E-state index >= 15 is 0 Å². The second-order valence-corrected chi connectivity index (χ2v) is 8.81. The van der Waals surface area contributed by atoms with Gasteiger partial charge in [0.25, 0.3) is 0 Å². The predicted molar refractivity (Wildman–Crippen MR) is 135 cm³/mol. The van der Waals surface area contributed by atoms with Crippen LogP contribution < -0.4 is 14.8 Å². The van der Waals surface area contributed by atoms with Crippen LogP contribution in [0.4, 0.5) is 0 Å². The smallest absolute Gasteiger partial charge is 0.338 e. The molecule has 0 spiro atoms. The molecule has 0 fully saturated rings. The molecule has 2 aliphatic heterocycles. The van der Waals surface area contributed by atoms with Gasteiger partial charge >= 0.3 is 5.97 Å². The maximum Gasteiger partial charge on any atom is 0.338 e. The van der Waals surface area contributed by atoms with E-state index < -0.39 is 12.0 Å². The highest BCUT2D eigenvalue weighted by Gasteiger charge is 2.41. The van der Waals surface area contributed by atoms with Crippen molar-refractivity contribution in [3.63, 3.8) is 0 Å². The summed E-state index contributed by atoms with van der Waals surface area (Å²) in [5.41, 5.74) is 3.46. The molecule has 2 aliphatic rings. The SMILES string of the molecule is COC(=O)C1=C(C)N=C2SC=C(CC(=O)NCc3ccccc3)N2[C@@H]1c1cc(OC)cc(OC)c1. The van der Waals surface area contributed by atoms with Crippen molar-refractivity contribution in [1.29, 1.82) is 0 Å². The summed E-state index contributed by atoms with van der Waals surface area (Å²) in [7, 11) is 4.49. The lowest BCUT2D eigenvalue weighted by Gasteiger charge is -2.36. The number of rotatable bonds is 8. The predicted octanol–water partition coefficient (Wildman–Crippen LogP) is 4.16. The van der Waals surface area contributed by atoms with Crippen molar-refractivity contribution in [3.05, 3.63) is 82.0 Å². The van der Waals surface area contributed by atoms with E-state index in [1.807, 2.05) is 52.8 Å². The number of amides is 1. The van der Waals surface area contributed by atoms with Crippen LogP contribution >= 0.6 is 11.8 Å². The van der Waals surface area contributed by atoms with Crippen LogP contribution in [0.15, 0.2) is 75.9 Å². The van der Waals surface area contributed by atoms with E-state index in [9.17, 15) is 9.59 Å². The standard InChI is InChI=1S/C26H27N3O5S/c1-16-23(25(31)34-4)24(18-10-20(32-2)13-21(11-18)33-3)29-19(15-35-26(29)28-16)12-22(30)27-14-17-8-6-5-7-9-17/h5-11,13,15,24H,12,14H2,1-4H3,(H,27,30)/t24-/m1/s1. The summed E-state index contributed by atoms with van der Waals surface area (Å²) in [4.78, 5) is 32.3. The molecule has 2 heterocycles. The molecule has 2 aromatic carbocycles. The van der Waals surface area contributed by atoms with Crippen molar-refractivity contribution in [3.8, 4) is 11.5 Å². The van der Waals surface area contributed by atoms with Crippen molar-refractivity contribution < 1.29 is 23.8 Å². The van der Waals surface area contributed by atoms with Gasteiger partial charge in [-0.05, 0) is 35.6 Å². The molecule has 4 rings (SSSR count). The van der Waals surface area contributed by atoms with Crippen LogP contribution in [0.25, 0.3) is 0 Å². The molecule has 0 aromatic heterocycles. The number of carbonyl (C=O) groups excluding carboxylic acids is 2. The molecular weight excluding hydrogens is 466 g/mol. The highest BCUT2D eigenvalue weighted by molar-refractivity contribution is 8.16. The summed E-state index contributed by atoms with van der Waals surface area (Å²) in [5, 5.41) is 5.56. The Hall–Kier alpha value is -3.72. The van der Waals surface area contributed by atoms with Gasteiger partial charge in [0.05, 0.1) is 45.1 Å². The van der Waals surface area contributed by atoms with E-state index in [0.717, 1.165) is 16.8 Å². The van der Waals surface area contributed by atoms with Crippen LogP contribution in [-0.4, -0.2) is 43.3 Å². The molecule has 0 saturated carbocycles. The van der Waals surface area contributed by atoms with Gasteiger partial charge in [-0.3, -0.25) is 4.79 Å². The van der Waals surface area contributed by atoms with Gasteiger partial charge in [0, 0.05) is 18.3 Å². The number of amidine groups is 1. The summed E-state index contributed by atoms with van der Waals surface area (Å²) in [6.45, 7) is 2.22. The number of allylic oxidation sites excluding steroid dienone is 1. The number of nitrogens with zero attached hydrogens (tertiary/aromatic N) is 2. The second kappa shape index (κ2) is 10.7. The molecule has 0 aliphatic carbocycles. The Bertz CT molecular complexity index is 1200. The normalized spacial score (nSPS) is 16.8. The van der Waals surface area contributed by atoms with Gasteiger partial charge < -0.3 is 24.4 Å². The molecule has 9 heteroatoms. The third-order valence-corrected chi connectivity index (χ3v) is 6.66. The number of fused-ring (bicyclic) bond motifs is 1. The fourth-order valence-electron chi connectivity index (χ4n) is 4.07. The van der Waals surface area contributed by atoms with Gasteiger partial charge in [-0.15, -0.1) is 0 Å². The minimum atomic E-state index is -0.567. The quantitative estimate of drug-likeness (QED) is 0.553. The lowest BCUT2D eigenvalue weighted by Crippen LogP contribution is -2.38. The van der Waals surface area contributed by atoms with Gasteiger partial charge in [0.15, 0.2) is 5.17 Å². The number of esters is 1. The second-order valence-electron chi connectivity index (χ2n) is 7.97. The van der Waals surface area contributed by atoms with Crippen LogP contribution in [0.2, 0.25) is 0 Å². The van der Waals surface area contributed by atoms with Crippen molar-refractivity contribution in [2.45, 2.75) is 25.9 Å². The molecule has 0 saturated heterocycles. The first-order chi connectivity index (χ1) is 16.9. The maximum absolute atomic E-state index is 12.9. The Morgan fingerprint density at radius 2 is 1.74 bits per heavy atom. The molecular formula is C26H27N3O5S. The fraction of sp³-hybridized carbons (Fsp3) is 0.269. The molecule has 8 nitrogen and oxygen atoms in total.